The number of unbranched alkanes of at least 4 members (excludes halogenated alkanes) is 48. The second-order valence-corrected chi connectivity index (χ2v) is 28.0. The van der Waals surface area contributed by atoms with Crippen LogP contribution in [0.15, 0.2) is 60.8 Å². The normalized spacial score (nSPS) is 13.9. The molecule has 0 aromatic carbocycles. The van der Waals surface area contributed by atoms with Crippen LogP contribution in [0.1, 0.15) is 367 Å². The van der Waals surface area contributed by atoms with E-state index >= 15 is 0 Å². The molecule has 9 heteroatoms. The summed E-state index contributed by atoms with van der Waals surface area (Å²) in [5, 5.41) is 14.0. The van der Waals surface area contributed by atoms with Gasteiger partial charge in [0.1, 0.15) is 13.2 Å². The molecule has 0 aliphatic carbocycles. The predicted octanol–water partition coefficient (Wildman–Crippen LogP) is 23.3. The first kappa shape index (κ1) is 83.2. The van der Waals surface area contributed by atoms with Gasteiger partial charge in [0.25, 0.3) is 7.82 Å². The van der Waals surface area contributed by atoms with Gasteiger partial charge in [-0.05, 0) is 57.8 Å². The molecule has 1 amide bonds. The van der Waals surface area contributed by atoms with Gasteiger partial charge < -0.3 is 28.8 Å². The quantitative estimate of drug-likeness (QED) is 0.0272. The number of rotatable bonds is 69. The molecule has 0 radical (unpaired) electrons. The van der Waals surface area contributed by atoms with Crippen LogP contribution in [0, 0.1) is 0 Å². The van der Waals surface area contributed by atoms with E-state index in [4.69, 9.17) is 9.05 Å². The summed E-state index contributed by atoms with van der Waals surface area (Å²) in [6.45, 7) is 4.59. The smallest absolute Gasteiger partial charge is 0.268 e. The van der Waals surface area contributed by atoms with Crippen LogP contribution >= 0.6 is 7.82 Å². The number of aliphatic hydroxyl groups is 1. The van der Waals surface area contributed by atoms with E-state index < -0.39 is 20.0 Å². The number of aliphatic hydroxyl groups excluding tert-OH is 1. The Kier molecular flexibility index (Phi) is 65.2. The molecule has 0 aliphatic heterocycles. The molecule has 8 nitrogen and oxygen atoms in total. The summed E-state index contributed by atoms with van der Waals surface area (Å²) in [6, 6.07) is -0.887. The minimum Gasteiger partial charge on any atom is -0.756 e. The molecule has 0 saturated carbocycles. The third-order valence-corrected chi connectivity index (χ3v) is 17.9. The molecule has 0 aromatic heterocycles. The molecule has 2 N–H and O–H groups in total. The first-order valence-corrected chi connectivity index (χ1v) is 38.6. The lowest BCUT2D eigenvalue weighted by Crippen LogP contribution is -2.45. The summed E-state index contributed by atoms with van der Waals surface area (Å²) < 4.78 is 23.5. The SMILES string of the molecule is CC/C=C\C/C=C\C/C=C\C/C=C\CCCCCCCCCCCCCCCCCCCCCCCCCCCCC(=O)NC(COP(=O)([O-])OCC[N+](C)(C)C)C(O)/C=C/CCCCCCCCCCCCCCCCCCCCCCCC. The maximum absolute atomic E-state index is 13.1. The van der Waals surface area contributed by atoms with Crippen LogP contribution in [0.5, 0.6) is 0 Å². The molecule has 500 valence electrons. The standard InChI is InChI=1S/C76H145N2O6P/c1-6-8-10-12-14-16-18-20-22-24-26-28-30-32-33-34-35-36-37-38-39-40-41-42-43-44-45-46-48-50-52-54-56-58-60-62-64-66-68-70-76(80)77-74(73-84-85(81,82)83-72-71-78(3,4)5)75(79)69-67-65-63-61-59-57-55-53-51-49-47-31-29-27-25-23-21-19-17-15-13-11-9-7-2/h8,10,14,16,20,22,26,28,67,69,74-75,79H,6-7,9,11-13,15,17-19,21,23-25,27,29-66,68,70-73H2,1-5H3,(H-,77,80,81,82)/b10-8-,16-14-,22-20-,28-26-,69-67+. The summed E-state index contributed by atoms with van der Waals surface area (Å²) in [4.78, 5) is 25.7. The Labute approximate surface area is 530 Å². The number of hydrogen-bond acceptors (Lipinski definition) is 6. The fourth-order valence-corrected chi connectivity index (χ4v) is 12.0. The van der Waals surface area contributed by atoms with Crippen molar-refractivity contribution in [1.29, 1.82) is 0 Å². The van der Waals surface area contributed by atoms with Crippen molar-refractivity contribution in [3.8, 4) is 0 Å². The van der Waals surface area contributed by atoms with Gasteiger partial charge in [-0.2, -0.15) is 0 Å². The third-order valence-electron chi connectivity index (χ3n) is 17.0. The number of amides is 1. The van der Waals surface area contributed by atoms with Crippen molar-refractivity contribution in [2.24, 2.45) is 0 Å². The lowest BCUT2D eigenvalue weighted by molar-refractivity contribution is -0.870. The van der Waals surface area contributed by atoms with Crippen molar-refractivity contribution in [2.45, 2.75) is 379 Å². The molecule has 0 fully saturated rings. The van der Waals surface area contributed by atoms with E-state index in [1.54, 1.807) is 6.08 Å². The van der Waals surface area contributed by atoms with E-state index in [1.165, 1.54) is 283 Å². The summed E-state index contributed by atoms with van der Waals surface area (Å²) in [7, 11) is 1.28. The Morgan fingerprint density at radius 2 is 0.718 bits per heavy atom. The number of allylic oxidation sites excluding steroid dienone is 9. The number of quaternary nitrogens is 1. The minimum atomic E-state index is -4.60. The van der Waals surface area contributed by atoms with E-state index in [1.807, 2.05) is 27.2 Å². The topological polar surface area (TPSA) is 108 Å². The maximum Gasteiger partial charge on any atom is 0.268 e. The van der Waals surface area contributed by atoms with Gasteiger partial charge in [-0.15, -0.1) is 0 Å². The van der Waals surface area contributed by atoms with Crippen LogP contribution in [-0.4, -0.2) is 68.5 Å². The van der Waals surface area contributed by atoms with Crippen molar-refractivity contribution >= 4 is 13.7 Å². The van der Waals surface area contributed by atoms with Gasteiger partial charge in [-0.25, -0.2) is 0 Å². The Hall–Kier alpha value is -1.80. The average Bonchev–Trinajstić information content (AvgIpc) is 3.49. The molecule has 85 heavy (non-hydrogen) atoms. The average molecular weight is 1210 g/mol. The van der Waals surface area contributed by atoms with Crippen molar-refractivity contribution in [1.82, 2.24) is 5.32 Å². The Bertz CT molecular complexity index is 1570. The summed E-state index contributed by atoms with van der Waals surface area (Å²) in [6.07, 6.45) is 92.2. The lowest BCUT2D eigenvalue weighted by atomic mass is 10.0. The number of nitrogens with zero attached hydrogens (tertiary/aromatic N) is 1. The van der Waals surface area contributed by atoms with Gasteiger partial charge in [0.05, 0.1) is 39.9 Å². The highest BCUT2D eigenvalue weighted by Crippen LogP contribution is 2.38. The van der Waals surface area contributed by atoms with E-state index in [9.17, 15) is 19.4 Å². The molecule has 3 unspecified atom stereocenters. The molecule has 0 spiro atoms. The highest BCUT2D eigenvalue weighted by molar-refractivity contribution is 7.45. The van der Waals surface area contributed by atoms with Crippen LogP contribution in [-0.2, 0) is 18.4 Å². The van der Waals surface area contributed by atoms with E-state index in [2.05, 4.69) is 67.8 Å². The van der Waals surface area contributed by atoms with Gasteiger partial charge in [-0.1, -0.05) is 364 Å². The van der Waals surface area contributed by atoms with Gasteiger partial charge in [0.15, 0.2) is 0 Å². The molecule has 0 saturated heterocycles. The zero-order valence-electron chi connectivity index (χ0n) is 57.3. The zero-order valence-corrected chi connectivity index (χ0v) is 58.2. The first-order chi connectivity index (χ1) is 41.5. The van der Waals surface area contributed by atoms with Gasteiger partial charge in [-0.3, -0.25) is 9.36 Å². The Balaban J connectivity index is 3.94. The van der Waals surface area contributed by atoms with E-state index in [-0.39, 0.29) is 19.1 Å². The fraction of sp³-hybridized carbons (Fsp3) is 0.855. The third kappa shape index (κ3) is 69.5. The number of carbonyl (C=O) groups excluding carboxylic acids is 1. The van der Waals surface area contributed by atoms with Crippen LogP contribution in [0.3, 0.4) is 0 Å². The van der Waals surface area contributed by atoms with Gasteiger partial charge in [0.2, 0.25) is 5.91 Å². The number of phosphoric acid groups is 1. The second kappa shape index (κ2) is 66.6. The molecule has 0 heterocycles. The molecule has 0 aromatic rings. The molecule has 0 bridgehead atoms. The van der Waals surface area contributed by atoms with Crippen molar-refractivity contribution < 1.29 is 32.9 Å². The van der Waals surface area contributed by atoms with Crippen molar-refractivity contribution in [3.63, 3.8) is 0 Å². The van der Waals surface area contributed by atoms with Crippen molar-refractivity contribution in [2.75, 3.05) is 40.9 Å². The monoisotopic (exact) mass is 1210 g/mol. The van der Waals surface area contributed by atoms with Gasteiger partial charge in [0, 0.05) is 6.42 Å². The number of phosphoric ester groups is 1. The van der Waals surface area contributed by atoms with E-state index in [0.717, 1.165) is 64.2 Å². The molecule has 0 aliphatic rings. The molecular formula is C76H145N2O6P. The molecular weight excluding hydrogens is 1070 g/mol. The van der Waals surface area contributed by atoms with Crippen LogP contribution in [0.2, 0.25) is 0 Å². The highest BCUT2D eigenvalue weighted by Gasteiger charge is 2.23. The first-order valence-electron chi connectivity index (χ1n) is 37.2. The Morgan fingerprint density at radius 1 is 0.424 bits per heavy atom. The molecule has 0 rings (SSSR count). The lowest BCUT2D eigenvalue weighted by Gasteiger charge is -2.29. The maximum atomic E-state index is 13.1. The predicted molar refractivity (Wildman–Crippen MR) is 371 cm³/mol. The second-order valence-electron chi connectivity index (χ2n) is 26.6. The van der Waals surface area contributed by atoms with Crippen LogP contribution in [0.4, 0.5) is 0 Å². The largest absolute Gasteiger partial charge is 0.756 e. The minimum absolute atomic E-state index is 0.000750. The number of hydrogen-bond donors (Lipinski definition) is 2. The van der Waals surface area contributed by atoms with Gasteiger partial charge >= 0.3 is 0 Å². The fourth-order valence-electron chi connectivity index (χ4n) is 11.3. The van der Waals surface area contributed by atoms with E-state index in [0.29, 0.717) is 17.4 Å². The van der Waals surface area contributed by atoms with Crippen LogP contribution in [0.25, 0.3) is 0 Å². The number of carbonyl (C=O) groups is 1. The molecule has 3 atom stereocenters. The zero-order chi connectivity index (χ0) is 61.9. The highest BCUT2D eigenvalue weighted by atomic mass is 31.2. The van der Waals surface area contributed by atoms with Crippen molar-refractivity contribution in [3.05, 3.63) is 60.8 Å². The number of nitrogens with one attached hydrogen (secondary N) is 1. The summed E-state index contributed by atoms with van der Waals surface area (Å²) in [5.74, 6) is -0.190. The summed E-state index contributed by atoms with van der Waals surface area (Å²) >= 11 is 0. The van der Waals surface area contributed by atoms with Crippen LogP contribution < -0.4 is 10.2 Å². The summed E-state index contributed by atoms with van der Waals surface area (Å²) in [5.41, 5.74) is 0. The Morgan fingerprint density at radius 3 is 1.05 bits per heavy atom. The number of likely N-dealkylation sites (N-methyl/N-ethyl adjacent to an activating group) is 1.